The fraction of sp³-hybridized carbons (Fsp3) is 0.750. The van der Waals surface area contributed by atoms with E-state index in [4.69, 9.17) is 0 Å². The number of allylic oxidation sites excluding steroid dienone is 4. The first-order valence-corrected chi connectivity index (χ1v) is 11.1. The zero-order valence-corrected chi connectivity index (χ0v) is 17.4. The van der Waals surface area contributed by atoms with Crippen LogP contribution in [0.15, 0.2) is 36.5 Å². The van der Waals surface area contributed by atoms with Crippen LogP contribution in [0, 0.1) is 0 Å². The van der Waals surface area contributed by atoms with Gasteiger partial charge in [-0.1, -0.05) is 127 Å². The lowest BCUT2D eigenvalue weighted by atomic mass is 10.1. The Kier molecular flexibility index (Phi) is 19.8. The van der Waals surface area contributed by atoms with Crippen LogP contribution in [0.3, 0.4) is 0 Å². The molecule has 0 aliphatic rings. The van der Waals surface area contributed by atoms with E-state index in [1.165, 1.54) is 64.2 Å². The van der Waals surface area contributed by atoms with Crippen LogP contribution in [0.2, 0.25) is 0 Å². The predicted molar refractivity (Wildman–Crippen MR) is 115 cm³/mol. The molecule has 152 valence electrons. The summed E-state index contributed by atoms with van der Waals surface area (Å²) < 4.78 is 0. The number of rotatable bonds is 18. The first kappa shape index (κ1) is 25.1. The van der Waals surface area contributed by atoms with Crippen LogP contribution in [0.1, 0.15) is 104 Å². The van der Waals surface area contributed by atoms with Crippen LogP contribution in [0.25, 0.3) is 0 Å². The molecule has 0 aliphatic carbocycles. The van der Waals surface area contributed by atoms with Gasteiger partial charge < -0.3 is 10.2 Å². The van der Waals surface area contributed by atoms with Crippen molar-refractivity contribution in [2.75, 3.05) is 0 Å². The third-order valence-corrected chi connectivity index (χ3v) is 4.71. The molecule has 0 saturated carbocycles. The Morgan fingerprint density at radius 1 is 0.500 bits per heavy atom. The van der Waals surface area contributed by atoms with Gasteiger partial charge in [-0.15, -0.1) is 0 Å². The standard InChI is InChI=1S/C24H44O2/c1-3-5-7-9-11-15-19-23(25)21-17-13-14-18-22-24(26)20-16-12-10-8-6-4-2/h13-14,17-18,21-26H,3-12,15-16,19-20H2,1-2H3/b14-13+,21-17-,22-18+. The van der Waals surface area contributed by atoms with Crippen molar-refractivity contribution >= 4 is 0 Å². The normalized spacial score (nSPS) is 14.8. The summed E-state index contributed by atoms with van der Waals surface area (Å²) in [5.41, 5.74) is 0. The van der Waals surface area contributed by atoms with Gasteiger partial charge in [0.05, 0.1) is 12.2 Å². The van der Waals surface area contributed by atoms with E-state index in [-0.39, 0.29) is 12.2 Å². The second kappa shape index (κ2) is 20.5. The van der Waals surface area contributed by atoms with Crippen molar-refractivity contribution in [3.63, 3.8) is 0 Å². The number of unbranched alkanes of at least 4 members (excludes halogenated alkanes) is 10. The lowest BCUT2D eigenvalue weighted by Gasteiger charge is -2.05. The predicted octanol–water partition coefficient (Wildman–Crippen LogP) is 6.88. The molecule has 0 fully saturated rings. The summed E-state index contributed by atoms with van der Waals surface area (Å²) >= 11 is 0. The highest BCUT2D eigenvalue weighted by atomic mass is 16.3. The van der Waals surface area contributed by atoms with Crippen LogP contribution in [-0.4, -0.2) is 22.4 Å². The maximum absolute atomic E-state index is 9.89. The monoisotopic (exact) mass is 364 g/mol. The summed E-state index contributed by atoms with van der Waals surface area (Å²) in [4.78, 5) is 0. The van der Waals surface area contributed by atoms with Crippen molar-refractivity contribution in [3.8, 4) is 0 Å². The second-order valence-electron chi connectivity index (χ2n) is 7.40. The smallest absolute Gasteiger partial charge is 0.0723 e. The molecule has 0 rings (SSSR count). The summed E-state index contributed by atoms with van der Waals surface area (Å²) in [6.45, 7) is 4.46. The van der Waals surface area contributed by atoms with E-state index in [0.29, 0.717) is 0 Å². The molecule has 0 radical (unpaired) electrons. The van der Waals surface area contributed by atoms with Gasteiger partial charge in [-0.3, -0.25) is 0 Å². The van der Waals surface area contributed by atoms with E-state index in [1.807, 2.05) is 36.5 Å². The third kappa shape index (κ3) is 19.5. The molecule has 0 amide bonds. The molecule has 0 aliphatic heterocycles. The minimum absolute atomic E-state index is 0.340. The largest absolute Gasteiger partial charge is 0.389 e. The summed E-state index contributed by atoms with van der Waals surface area (Å²) in [6, 6.07) is 0. The molecule has 26 heavy (non-hydrogen) atoms. The van der Waals surface area contributed by atoms with E-state index in [2.05, 4.69) is 13.8 Å². The van der Waals surface area contributed by atoms with Gasteiger partial charge in [0.1, 0.15) is 0 Å². The molecule has 2 nitrogen and oxygen atoms in total. The number of aliphatic hydroxyl groups is 2. The summed E-state index contributed by atoms with van der Waals surface area (Å²) in [7, 11) is 0. The minimum Gasteiger partial charge on any atom is -0.389 e. The van der Waals surface area contributed by atoms with Gasteiger partial charge in [0, 0.05) is 0 Å². The molecule has 2 atom stereocenters. The van der Waals surface area contributed by atoms with Gasteiger partial charge in [0.25, 0.3) is 0 Å². The topological polar surface area (TPSA) is 40.5 Å². The molecular weight excluding hydrogens is 320 g/mol. The van der Waals surface area contributed by atoms with E-state index in [1.54, 1.807) is 0 Å². The van der Waals surface area contributed by atoms with Crippen LogP contribution < -0.4 is 0 Å². The van der Waals surface area contributed by atoms with Gasteiger partial charge in [-0.25, -0.2) is 0 Å². The SMILES string of the molecule is CCCCCCCCC(O)\C=C/C=C/C=C/C(O)CCCCCCCC. The first-order chi connectivity index (χ1) is 12.7. The number of aliphatic hydroxyl groups excluding tert-OH is 2. The van der Waals surface area contributed by atoms with Crippen molar-refractivity contribution in [1.82, 2.24) is 0 Å². The molecule has 2 N–H and O–H groups in total. The lowest BCUT2D eigenvalue weighted by molar-refractivity contribution is 0.207. The maximum Gasteiger partial charge on any atom is 0.0723 e. The molecule has 2 unspecified atom stereocenters. The minimum atomic E-state index is -0.340. The second-order valence-corrected chi connectivity index (χ2v) is 7.40. The molecule has 0 saturated heterocycles. The van der Waals surface area contributed by atoms with Crippen molar-refractivity contribution in [2.45, 2.75) is 116 Å². The van der Waals surface area contributed by atoms with Gasteiger partial charge >= 0.3 is 0 Å². The summed E-state index contributed by atoms with van der Waals surface area (Å²) in [6.07, 6.45) is 27.4. The van der Waals surface area contributed by atoms with E-state index in [0.717, 1.165) is 25.7 Å². The molecule has 0 bridgehead atoms. The zero-order valence-electron chi connectivity index (χ0n) is 17.4. The van der Waals surface area contributed by atoms with Crippen LogP contribution in [-0.2, 0) is 0 Å². The van der Waals surface area contributed by atoms with Gasteiger partial charge in [-0.2, -0.15) is 0 Å². The van der Waals surface area contributed by atoms with Gasteiger partial charge in [0.15, 0.2) is 0 Å². The molecule has 0 aromatic rings. The molecular formula is C24H44O2. The van der Waals surface area contributed by atoms with Crippen LogP contribution in [0.4, 0.5) is 0 Å². The Morgan fingerprint density at radius 3 is 1.23 bits per heavy atom. The van der Waals surface area contributed by atoms with Crippen molar-refractivity contribution in [3.05, 3.63) is 36.5 Å². The van der Waals surface area contributed by atoms with Crippen LogP contribution >= 0.6 is 0 Å². The molecule has 0 aromatic heterocycles. The third-order valence-electron chi connectivity index (χ3n) is 4.71. The lowest BCUT2D eigenvalue weighted by Crippen LogP contribution is -2.01. The molecule has 0 aromatic carbocycles. The molecule has 0 spiro atoms. The van der Waals surface area contributed by atoms with Gasteiger partial charge in [-0.05, 0) is 12.8 Å². The van der Waals surface area contributed by atoms with Crippen molar-refractivity contribution < 1.29 is 10.2 Å². The van der Waals surface area contributed by atoms with E-state index < -0.39 is 0 Å². The average Bonchev–Trinajstić information content (AvgIpc) is 2.63. The Hall–Kier alpha value is -0.860. The summed E-state index contributed by atoms with van der Waals surface area (Å²) in [5.74, 6) is 0. The zero-order chi connectivity index (χ0) is 19.3. The Balaban J connectivity index is 3.63. The number of hydrogen-bond acceptors (Lipinski definition) is 2. The Morgan fingerprint density at radius 2 is 0.846 bits per heavy atom. The average molecular weight is 365 g/mol. The first-order valence-electron chi connectivity index (χ1n) is 11.1. The van der Waals surface area contributed by atoms with Gasteiger partial charge in [0.2, 0.25) is 0 Å². The fourth-order valence-corrected chi connectivity index (χ4v) is 2.97. The highest BCUT2D eigenvalue weighted by Gasteiger charge is 1.99. The molecule has 2 heteroatoms. The maximum atomic E-state index is 9.89. The Bertz CT molecular complexity index is 323. The van der Waals surface area contributed by atoms with Crippen molar-refractivity contribution in [1.29, 1.82) is 0 Å². The Labute approximate surface area is 163 Å². The fourth-order valence-electron chi connectivity index (χ4n) is 2.97. The van der Waals surface area contributed by atoms with Crippen LogP contribution in [0.5, 0.6) is 0 Å². The summed E-state index contributed by atoms with van der Waals surface area (Å²) in [5, 5.41) is 19.8. The highest BCUT2D eigenvalue weighted by molar-refractivity contribution is 5.13. The number of hydrogen-bond donors (Lipinski definition) is 2. The van der Waals surface area contributed by atoms with E-state index >= 15 is 0 Å². The van der Waals surface area contributed by atoms with Crippen molar-refractivity contribution in [2.24, 2.45) is 0 Å². The van der Waals surface area contributed by atoms with E-state index in [9.17, 15) is 10.2 Å². The molecule has 0 heterocycles. The highest BCUT2D eigenvalue weighted by Crippen LogP contribution is 2.10. The quantitative estimate of drug-likeness (QED) is 0.206.